The summed E-state index contributed by atoms with van der Waals surface area (Å²) >= 11 is 0. The molecule has 0 saturated heterocycles. The Morgan fingerprint density at radius 2 is 2.21 bits per heavy atom. The summed E-state index contributed by atoms with van der Waals surface area (Å²) in [6.45, 7) is 2.65. The van der Waals surface area contributed by atoms with Crippen LogP contribution in [0.1, 0.15) is 23.0 Å². The lowest BCUT2D eigenvalue weighted by molar-refractivity contribution is 0.0947. The molecule has 1 aliphatic heterocycles. The number of amides is 1. The summed E-state index contributed by atoms with van der Waals surface area (Å²) in [7, 11) is 0. The summed E-state index contributed by atoms with van der Waals surface area (Å²) in [4.78, 5) is 19.9. The fraction of sp³-hybridized carbons (Fsp3) is 0.200. The van der Waals surface area contributed by atoms with Crippen molar-refractivity contribution in [3.05, 3.63) is 53.6 Å². The highest BCUT2D eigenvalue weighted by molar-refractivity contribution is 6.06. The van der Waals surface area contributed by atoms with Crippen molar-refractivity contribution in [2.45, 2.75) is 13.3 Å². The summed E-state index contributed by atoms with van der Waals surface area (Å²) in [5.41, 5.74) is 9.59. The number of benzene rings is 1. The zero-order valence-electron chi connectivity index (χ0n) is 15.3. The maximum Gasteiger partial charge on any atom is 0.255 e. The monoisotopic (exact) mass is 381 g/mol. The smallest absolute Gasteiger partial charge is 0.255 e. The number of aromatic nitrogens is 2. The summed E-state index contributed by atoms with van der Waals surface area (Å²) in [6, 6.07) is 8.14. The minimum absolute atomic E-state index is 0.108. The van der Waals surface area contributed by atoms with Gasteiger partial charge in [-0.2, -0.15) is 0 Å². The highest BCUT2D eigenvalue weighted by Crippen LogP contribution is 2.39. The Bertz CT molecular complexity index is 1050. The van der Waals surface area contributed by atoms with Crippen LogP contribution in [-0.4, -0.2) is 29.0 Å². The van der Waals surface area contributed by atoms with Crippen molar-refractivity contribution >= 4 is 23.1 Å². The molecule has 28 heavy (non-hydrogen) atoms. The highest BCUT2D eigenvalue weighted by atomic mass is 19.1. The minimum atomic E-state index is -0.476. The van der Waals surface area contributed by atoms with Crippen molar-refractivity contribution < 1.29 is 13.9 Å². The SMILES string of the molecule is CCOc1c(F)cccc1Nc1c(-c2ccnc(N)c2)[nH]c2c1C(=O)NCC2. The number of nitrogens with one attached hydrogen (secondary N) is 3. The Hall–Kier alpha value is -3.55. The predicted octanol–water partition coefficient (Wildman–Crippen LogP) is 3.23. The molecule has 1 aromatic carbocycles. The normalized spacial score (nSPS) is 13.0. The van der Waals surface area contributed by atoms with Crippen molar-refractivity contribution in [1.82, 2.24) is 15.3 Å². The fourth-order valence-electron chi connectivity index (χ4n) is 3.36. The van der Waals surface area contributed by atoms with Crippen LogP contribution in [0.4, 0.5) is 21.6 Å². The number of hydrogen-bond acceptors (Lipinski definition) is 5. The first kappa shape index (κ1) is 17.8. The number of nitrogens with zero attached hydrogens (tertiary/aromatic N) is 1. The average molecular weight is 381 g/mol. The molecule has 5 N–H and O–H groups in total. The first-order valence-corrected chi connectivity index (χ1v) is 9.01. The molecule has 3 heterocycles. The average Bonchev–Trinajstić information content (AvgIpc) is 3.04. The number of anilines is 3. The van der Waals surface area contributed by atoms with Crippen molar-refractivity contribution in [1.29, 1.82) is 0 Å². The van der Waals surface area contributed by atoms with Crippen LogP contribution in [-0.2, 0) is 6.42 Å². The number of para-hydroxylation sites is 1. The molecular weight excluding hydrogens is 361 g/mol. The third-order valence-electron chi connectivity index (χ3n) is 4.55. The van der Waals surface area contributed by atoms with Gasteiger partial charge in [-0.25, -0.2) is 9.37 Å². The van der Waals surface area contributed by atoms with Gasteiger partial charge in [0.15, 0.2) is 11.6 Å². The largest absolute Gasteiger partial charge is 0.489 e. The fourth-order valence-corrected chi connectivity index (χ4v) is 3.36. The van der Waals surface area contributed by atoms with Crippen LogP contribution in [0.2, 0.25) is 0 Å². The van der Waals surface area contributed by atoms with Crippen LogP contribution >= 0.6 is 0 Å². The van der Waals surface area contributed by atoms with Gasteiger partial charge in [0.25, 0.3) is 5.91 Å². The number of carbonyl (C=O) groups excluding carboxylic acids is 1. The van der Waals surface area contributed by atoms with Gasteiger partial charge < -0.3 is 26.1 Å². The van der Waals surface area contributed by atoms with Crippen molar-refractivity contribution in [3.8, 4) is 17.0 Å². The maximum absolute atomic E-state index is 14.3. The second kappa shape index (κ2) is 7.22. The molecule has 8 heteroatoms. The molecule has 2 aromatic heterocycles. The van der Waals surface area contributed by atoms with E-state index in [9.17, 15) is 9.18 Å². The van der Waals surface area contributed by atoms with Crippen molar-refractivity contribution in [3.63, 3.8) is 0 Å². The van der Waals surface area contributed by atoms with Gasteiger partial charge in [-0.3, -0.25) is 4.79 Å². The second-order valence-corrected chi connectivity index (χ2v) is 6.38. The molecule has 0 radical (unpaired) electrons. The highest BCUT2D eigenvalue weighted by Gasteiger charge is 2.27. The molecular formula is C20H20FN5O2. The second-order valence-electron chi connectivity index (χ2n) is 6.38. The van der Waals surface area contributed by atoms with Crippen LogP contribution in [0, 0.1) is 5.82 Å². The third-order valence-corrected chi connectivity index (χ3v) is 4.55. The van der Waals surface area contributed by atoms with Gasteiger partial charge in [-0.1, -0.05) is 6.07 Å². The lowest BCUT2D eigenvalue weighted by atomic mass is 10.1. The molecule has 4 rings (SSSR count). The number of nitrogens with two attached hydrogens (primary N) is 1. The van der Waals surface area contributed by atoms with E-state index >= 15 is 0 Å². The van der Waals surface area contributed by atoms with E-state index in [0.717, 1.165) is 11.3 Å². The third kappa shape index (κ3) is 3.13. The van der Waals surface area contributed by atoms with Gasteiger partial charge in [0.05, 0.1) is 29.2 Å². The maximum atomic E-state index is 14.3. The van der Waals surface area contributed by atoms with Crippen molar-refractivity contribution in [2.75, 3.05) is 24.2 Å². The number of pyridine rings is 1. The zero-order chi connectivity index (χ0) is 19.7. The van der Waals surface area contributed by atoms with Crippen LogP contribution in [0.15, 0.2) is 36.5 Å². The number of fused-ring (bicyclic) bond motifs is 1. The molecule has 1 amide bonds. The molecule has 0 saturated carbocycles. The van der Waals surface area contributed by atoms with E-state index in [1.54, 1.807) is 37.4 Å². The summed E-state index contributed by atoms with van der Waals surface area (Å²) in [5, 5.41) is 6.06. The molecule has 0 fully saturated rings. The first-order chi connectivity index (χ1) is 13.6. The number of hydrogen-bond donors (Lipinski definition) is 4. The molecule has 0 unspecified atom stereocenters. The van der Waals surface area contributed by atoms with Gasteiger partial charge in [0.2, 0.25) is 0 Å². The van der Waals surface area contributed by atoms with Crippen LogP contribution in [0.25, 0.3) is 11.3 Å². The number of ether oxygens (including phenoxy) is 1. The van der Waals surface area contributed by atoms with E-state index in [4.69, 9.17) is 10.5 Å². The molecule has 0 atom stereocenters. The van der Waals surface area contributed by atoms with Gasteiger partial charge in [0, 0.05) is 30.4 Å². The predicted molar refractivity (Wildman–Crippen MR) is 105 cm³/mol. The Balaban J connectivity index is 1.88. The topological polar surface area (TPSA) is 105 Å². The number of rotatable bonds is 5. The van der Waals surface area contributed by atoms with Crippen LogP contribution < -0.4 is 21.1 Å². The molecule has 3 aromatic rings. The number of halogens is 1. The molecule has 1 aliphatic rings. The molecule has 0 aliphatic carbocycles. The molecule has 144 valence electrons. The van der Waals surface area contributed by atoms with Crippen LogP contribution in [0.5, 0.6) is 5.75 Å². The van der Waals surface area contributed by atoms with Crippen LogP contribution in [0.3, 0.4) is 0 Å². The van der Waals surface area contributed by atoms with Gasteiger partial charge in [-0.05, 0) is 31.2 Å². The van der Waals surface area contributed by atoms with E-state index in [2.05, 4.69) is 20.6 Å². The lowest BCUT2D eigenvalue weighted by Gasteiger charge is -2.17. The Kier molecular flexibility index (Phi) is 4.60. The Morgan fingerprint density at radius 1 is 1.36 bits per heavy atom. The first-order valence-electron chi connectivity index (χ1n) is 9.01. The van der Waals surface area contributed by atoms with Gasteiger partial charge >= 0.3 is 0 Å². The number of nitrogen functional groups attached to an aromatic ring is 1. The van der Waals surface area contributed by atoms with Gasteiger partial charge in [-0.15, -0.1) is 0 Å². The number of H-pyrrole nitrogens is 1. The van der Waals surface area contributed by atoms with E-state index < -0.39 is 5.82 Å². The minimum Gasteiger partial charge on any atom is -0.489 e. The zero-order valence-corrected chi connectivity index (χ0v) is 15.3. The Labute approximate surface area is 161 Å². The Morgan fingerprint density at radius 3 is 3.00 bits per heavy atom. The standard InChI is InChI=1S/C20H20FN5O2/c1-2-28-19-12(21)4-3-5-14(19)26-18-16-13(7-9-24-20(16)27)25-17(18)11-6-8-23-15(22)10-11/h3-6,8,10,25-26H,2,7,9H2,1H3,(H2,22,23)(H,24,27). The van der Waals surface area contributed by atoms with Gasteiger partial charge in [0.1, 0.15) is 5.82 Å². The summed E-state index contributed by atoms with van der Waals surface area (Å²) in [6.07, 6.45) is 2.26. The molecule has 7 nitrogen and oxygen atoms in total. The van der Waals surface area contributed by atoms with E-state index in [1.807, 2.05) is 0 Å². The number of carbonyl (C=O) groups is 1. The van der Waals surface area contributed by atoms with E-state index in [0.29, 0.717) is 48.0 Å². The quantitative estimate of drug-likeness (QED) is 0.543. The lowest BCUT2D eigenvalue weighted by Crippen LogP contribution is -2.31. The number of aromatic amines is 1. The summed E-state index contributed by atoms with van der Waals surface area (Å²) in [5.74, 6) is -0.198. The van der Waals surface area contributed by atoms with E-state index in [1.165, 1.54) is 6.07 Å². The summed E-state index contributed by atoms with van der Waals surface area (Å²) < 4.78 is 19.8. The molecule has 0 spiro atoms. The van der Waals surface area contributed by atoms with E-state index in [-0.39, 0.29) is 11.7 Å². The molecule has 0 bridgehead atoms. The van der Waals surface area contributed by atoms with Crippen molar-refractivity contribution in [2.24, 2.45) is 0 Å².